The number of rotatable bonds is 6. The molecule has 1 heterocycles. The van der Waals surface area contributed by atoms with E-state index in [-0.39, 0.29) is 16.3 Å². The fraction of sp³-hybridized carbons (Fsp3) is 0.188. The maximum Gasteiger partial charge on any atom is 0.341 e. The van der Waals surface area contributed by atoms with Gasteiger partial charge in [-0.15, -0.1) is 0 Å². The first-order valence-electron chi connectivity index (χ1n) is 7.11. The Morgan fingerprint density at radius 2 is 1.84 bits per heavy atom. The lowest BCUT2D eigenvalue weighted by Gasteiger charge is -2.13. The minimum atomic E-state index is -3.40. The number of nitrogens with zero attached hydrogens (tertiary/aromatic N) is 1. The van der Waals surface area contributed by atoms with Gasteiger partial charge in [-0.2, -0.15) is 0 Å². The van der Waals surface area contributed by atoms with Crippen LogP contribution in [0.1, 0.15) is 27.6 Å². The molecule has 0 aliphatic carbocycles. The summed E-state index contributed by atoms with van der Waals surface area (Å²) >= 11 is 5.82. The van der Waals surface area contributed by atoms with E-state index in [1.54, 1.807) is 0 Å². The Hall–Kier alpha value is -2.45. The molecule has 132 valence electrons. The summed E-state index contributed by atoms with van der Waals surface area (Å²) in [4.78, 5) is 28.1. The number of esters is 1. The lowest BCUT2D eigenvalue weighted by molar-refractivity contribution is 0.0318. The molecule has 2 rings (SSSR count). The van der Waals surface area contributed by atoms with Crippen LogP contribution in [-0.2, 0) is 14.8 Å². The molecule has 0 spiro atoms. The zero-order valence-corrected chi connectivity index (χ0v) is 15.0. The standard InChI is InChI=1S/C16H15ClN2O5S/c1-10(24-16(21)13-4-3-9-18-15(13)17)14(20)11-5-7-12(8-6-11)19-25(2,22)23/h3-10,19H,1-2H3/t10-/m1/s1. The predicted octanol–water partition coefficient (Wildman–Crippen LogP) is 2.53. The van der Waals surface area contributed by atoms with Crippen molar-refractivity contribution in [2.75, 3.05) is 11.0 Å². The molecule has 0 fully saturated rings. The number of carbonyl (C=O) groups excluding carboxylic acids is 2. The number of benzene rings is 1. The van der Waals surface area contributed by atoms with Crippen molar-refractivity contribution in [1.29, 1.82) is 0 Å². The number of hydrogen-bond donors (Lipinski definition) is 1. The molecule has 0 saturated heterocycles. The van der Waals surface area contributed by atoms with Crippen LogP contribution in [0.5, 0.6) is 0 Å². The second kappa shape index (κ2) is 7.62. The Balaban J connectivity index is 2.07. The molecular formula is C16H15ClN2O5S. The van der Waals surface area contributed by atoms with Crippen molar-refractivity contribution in [3.05, 3.63) is 58.9 Å². The van der Waals surface area contributed by atoms with Crippen molar-refractivity contribution in [1.82, 2.24) is 4.98 Å². The summed E-state index contributed by atoms with van der Waals surface area (Å²) in [5.74, 6) is -1.19. The van der Waals surface area contributed by atoms with Gasteiger partial charge in [-0.1, -0.05) is 11.6 Å². The highest BCUT2D eigenvalue weighted by molar-refractivity contribution is 7.92. The Morgan fingerprint density at radius 3 is 2.40 bits per heavy atom. The van der Waals surface area contributed by atoms with Gasteiger partial charge in [-0.3, -0.25) is 9.52 Å². The molecule has 0 radical (unpaired) electrons. The molecule has 1 aromatic carbocycles. The van der Waals surface area contributed by atoms with E-state index >= 15 is 0 Å². The lowest BCUT2D eigenvalue weighted by Crippen LogP contribution is -2.24. The average molecular weight is 383 g/mol. The van der Waals surface area contributed by atoms with Gasteiger partial charge in [0.25, 0.3) is 0 Å². The lowest BCUT2D eigenvalue weighted by atomic mass is 10.1. The quantitative estimate of drug-likeness (QED) is 0.468. The third-order valence-corrected chi connectivity index (χ3v) is 4.01. The van der Waals surface area contributed by atoms with Crippen molar-refractivity contribution < 1.29 is 22.7 Å². The number of Topliss-reactive ketones (excluding diaryl/α,β-unsaturated/α-hetero) is 1. The molecule has 1 aromatic heterocycles. The van der Waals surface area contributed by atoms with Gasteiger partial charge in [0, 0.05) is 17.4 Å². The molecule has 9 heteroatoms. The van der Waals surface area contributed by atoms with Crippen molar-refractivity contribution in [2.45, 2.75) is 13.0 Å². The topological polar surface area (TPSA) is 102 Å². The Kier molecular flexibility index (Phi) is 5.76. The second-order valence-electron chi connectivity index (χ2n) is 5.21. The van der Waals surface area contributed by atoms with Crippen LogP contribution >= 0.6 is 11.6 Å². The van der Waals surface area contributed by atoms with E-state index in [1.807, 2.05) is 0 Å². The van der Waals surface area contributed by atoms with E-state index in [2.05, 4.69) is 9.71 Å². The Bertz CT molecular complexity index is 897. The number of halogens is 1. The molecule has 2 aromatic rings. The monoisotopic (exact) mass is 382 g/mol. The van der Waals surface area contributed by atoms with Gasteiger partial charge in [0.1, 0.15) is 5.15 Å². The first kappa shape index (κ1) is 18.9. The van der Waals surface area contributed by atoms with E-state index < -0.39 is 27.9 Å². The summed E-state index contributed by atoms with van der Waals surface area (Å²) in [5, 5.41) is -0.0108. The fourth-order valence-corrected chi connectivity index (χ4v) is 2.73. The molecular weight excluding hydrogens is 368 g/mol. The van der Waals surface area contributed by atoms with Gasteiger partial charge in [-0.05, 0) is 43.3 Å². The third-order valence-electron chi connectivity index (χ3n) is 3.10. The zero-order valence-electron chi connectivity index (χ0n) is 13.4. The number of hydrogen-bond acceptors (Lipinski definition) is 6. The predicted molar refractivity (Wildman–Crippen MR) is 93.4 cm³/mol. The minimum Gasteiger partial charge on any atom is -0.451 e. The van der Waals surface area contributed by atoms with Crippen molar-refractivity contribution in [3.63, 3.8) is 0 Å². The summed E-state index contributed by atoms with van der Waals surface area (Å²) < 4.78 is 29.7. The third kappa shape index (κ3) is 5.27. The normalized spacial score (nSPS) is 12.3. The highest BCUT2D eigenvalue weighted by Crippen LogP contribution is 2.16. The molecule has 0 bridgehead atoms. The van der Waals surface area contributed by atoms with E-state index in [0.717, 1.165) is 6.26 Å². The molecule has 0 unspecified atom stereocenters. The number of ketones is 1. The average Bonchev–Trinajstić information content (AvgIpc) is 2.53. The van der Waals surface area contributed by atoms with Gasteiger partial charge < -0.3 is 4.74 Å². The summed E-state index contributed by atoms with van der Waals surface area (Å²) in [6.45, 7) is 1.44. The van der Waals surface area contributed by atoms with E-state index in [4.69, 9.17) is 16.3 Å². The number of nitrogens with one attached hydrogen (secondary N) is 1. The summed E-state index contributed by atoms with van der Waals surface area (Å²) in [6, 6.07) is 8.75. The number of anilines is 1. The van der Waals surface area contributed by atoms with Crippen LogP contribution in [0.3, 0.4) is 0 Å². The fourth-order valence-electron chi connectivity index (χ4n) is 1.97. The van der Waals surface area contributed by atoms with Crippen molar-refractivity contribution in [3.8, 4) is 0 Å². The van der Waals surface area contributed by atoms with Gasteiger partial charge in [0.2, 0.25) is 15.8 Å². The van der Waals surface area contributed by atoms with Crippen LogP contribution in [-0.4, -0.2) is 37.5 Å². The molecule has 0 amide bonds. The number of pyridine rings is 1. The number of carbonyl (C=O) groups is 2. The smallest absolute Gasteiger partial charge is 0.341 e. The molecule has 0 aliphatic heterocycles. The highest BCUT2D eigenvalue weighted by Gasteiger charge is 2.22. The first-order valence-corrected chi connectivity index (χ1v) is 9.38. The maximum absolute atomic E-state index is 12.3. The number of ether oxygens (including phenoxy) is 1. The van der Waals surface area contributed by atoms with Crippen LogP contribution in [0, 0.1) is 0 Å². The largest absolute Gasteiger partial charge is 0.451 e. The van der Waals surface area contributed by atoms with Crippen molar-refractivity contribution in [2.24, 2.45) is 0 Å². The highest BCUT2D eigenvalue weighted by atomic mass is 35.5. The molecule has 0 aliphatic rings. The summed E-state index contributed by atoms with van der Waals surface area (Å²) in [5.41, 5.74) is 0.666. The summed E-state index contributed by atoms with van der Waals surface area (Å²) in [6.07, 6.45) is 1.41. The van der Waals surface area contributed by atoms with E-state index in [9.17, 15) is 18.0 Å². The number of aromatic nitrogens is 1. The Labute approximate surface area is 150 Å². The zero-order chi connectivity index (χ0) is 18.6. The van der Waals surface area contributed by atoms with Crippen LogP contribution in [0.25, 0.3) is 0 Å². The molecule has 25 heavy (non-hydrogen) atoms. The van der Waals surface area contributed by atoms with Crippen LogP contribution < -0.4 is 4.72 Å². The van der Waals surface area contributed by atoms with E-state index in [1.165, 1.54) is 49.5 Å². The molecule has 7 nitrogen and oxygen atoms in total. The number of sulfonamides is 1. The first-order chi connectivity index (χ1) is 11.7. The molecule has 1 N–H and O–H groups in total. The maximum atomic E-state index is 12.3. The second-order valence-corrected chi connectivity index (χ2v) is 7.31. The minimum absolute atomic E-state index is 0.0108. The van der Waals surface area contributed by atoms with Gasteiger partial charge in [0.15, 0.2) is 6.10 Å². The van der Waals surface area contributed by atoms with Crippen LogP contribution in [0.2, 0.25) is 5.15 Å². The van der Waals surface area contributed by atoms with Crippen LogP contribution in [0.15, 0.2) is 42.6 Å². The Morgan fingerprint density at radius 1 is 1.20 bits per heavy atom. The summed E-state index contributed by atoms with van der Waals surface area (Å²) in [7, 11) is -3.40. The van der Waals surface area contributed by atoms with Crippen molar-refractivity contribution >= 4 is 39.1 Å². The SMILES string of the molecule is C[C@@H](OC(=O)c1cccnc1Cl)C(=O)c1ccc(NS(C)(=O)=O)cc1. The molecule has 1 atom stereocenters. The van der Waals surface area contributed by atoms with Crippen LogP contribution in [0.4, 0.5) is 5.69 Å². The van der Waals surface area contributed by atoms with Gasteiger partial charge in [-0.25, -0.2) is 18.2 Å². The van der Waals surface area contributed by atoms with E-state index in [0.29, 0.717) is 5.69 Å². The molecule has 0 saturated carbocycles. The van der Waals surface area contributed by atoms with Gasteiger partial charge >= 0.3 is 5.97 Å². The van der Waals surface area contributed by atoms with Gasteiger partial charge in [0.05, 0.1) is 11.8 Å².